The van der Waals surface area contributed by atoms with Crippen LogP contribution in [0.2, 0.25) is 0 Å². The summed E-state index contributed by atoms with van der Waals surface area (Å²) >= 11 is 0. The Morgan fingerprint density at radius 2 is 1.86 bits per heavy atom. The van der Waals surface area contributed by atoms with E-state index in [1.54, 1.807) is 32.9 Å². The molecule has 1 amide bonds. The Morgan fingerprint density at radius 1 is 1.14 bits per heavy atom. The zero-order valence-corrected chi connectivity index (χ0v) is 25.2. The number of nitrogens with zero attached hydrogens (tertiary/aromatic N) is 5. The van der Waals surface area contributed by atoms with Crippen molar-refractivity contribution in [2.75, 3.05) is 26.3 Å². The monoisotopic (exact) mass is 591 g/mol. The van der Waals surface area contributed by atoms with E-state index in [9.17, 15) is 9.59 Å². The third-order valence-electron chi connectivity index (χ3n) is 7.42. The summed E-state index contributed by atoms with van der Waals surface area (Å²) in [7, 11) is 0. The number of likely N-dealkylation sites (tertiary alicyclic amines) is 1. The van der Waals surface area contributed by atoms with Gasteiger partial charge in [0.1, 0.15) is 11.4 Å². The van der Waals surface area contributed by atoms with Crippen molar-refractivity contribution in [3.63, 3.8) is 0 Å². The van der Waals surface area contributed by atoms with Crippen LogP contribution in [-0.4, -0.2) is 65.2 Å². The van der Waals surface area contributed by atoms with Crippen molar-refractivity contribution in [1.29, 1.82) is 0 Å². The first kappa shape index (κ1) is 31.8. The molecule has 2 aromatic carbocycles. The van der Waals surface area contributed by atoms with Crippen LogP contribution in [0.5, 0.6) is 5.75 Å². The number of ether oxygens (including phenoxy) is 3. The number of amides is 1. The van der Waals surface area contributed by atoms with Crippen molar-refractivity contribution in [3.8, 4) is 5.75 Å². The minimum Gasteiger partial charge on any atom is -0.494 e. The minimum atomic E-state index is -1.45. The minimum absolute atomic E-state index is 0.0381. The molecular weight excluding hydrogens is 550 g/mol. The Balaban J connectivity index is 1.79. The normalized spacial score (nSPS) is 20.0. The summed E-state index contributed by atoms with van der Waals surface area (Å²) in [5.41, 5.74) is 8.94. The van der Waals surface area contributed by atoms with Gasteiger partial charge in [0.15, 0.2) is 11.6 Å². The van der Waals surface area contributed by atoms with E-state index in [2.05, 4.69) is 10.0 Å². The van der Waals surface area contributed by atoms with Crippen LogP contribution in [0, 0.1) is 0 Å². The molecule has 4 rings (SSSR count). The van der Waals surface area contributed by atoms with Crippen LogP contribution in [0.3, 0.4) is 0 Å². The molecule has 0 aliphatic carbocycles. The number of aliphatic hydroxyl groups is 1. The lowest BCUT2D eigenvalue weighted by molar-refractivity contribution is -0.155. The van der Waals surface area contributed by atoms with Crippen LogP contribution in [0.1, 0.15) is 82.1 Å². The largest absolute Gasteiger partial charge is 0.494 e. The van der Waals surface area contributed by atoms with E-state index in [-0.39, 0.29) is 37.8 Å². The number of aliphatic imine (C=N–C) groups is 1. The topological polar surface area (TPSA) is 146 Å². The van der Waals surface area contributed by atoms with Gasteiger partial charge in [0.2, 0.25) is 5.90 Å². The number of rotatable bonds is 12. The van der Waals surface area contributed by atoms with Crippen molar-refractivity contribution in [2.24, 2.45) is 10.1 Å². The molecule has 230 valence electrons. The molecule has 2 aromatic rings. The van der Waals surface area contributed by atoms with Gasteiger partial charge in [0.05, 0.1) is 13.2 Å². The van der Waals surface area contributed by atoms with E-state index in [4.69, 9.17) is 29.8 Å². The van der Waals surface area contributed by atoms with Crippen LogP contribution >= 0.6 is 0 Å². The quantitative estimate of drug-likeness (QED) is 0.111. The van der Waals surface area contributed by atoms with E-state index < -0.39 is 23.2 Å². The molecule has 1 fully saturated rings. The predicted molar refractivity (Wildman–Crippen MR) is 162 cm³/mol. The fraction of sp³-hybridized carbons (Fsp3) is 0.531. The first-order valence-corrected chi connectivity index (χ1v) is 14.9. The SMILES string of the molecule is CC(C)(C)OC(=O)CC[C@@]1(C(=O)N2CCCCC2)N=C(c2ccc(OCCCO)cc2)O[C@@H]1c1ccccc1CN=[N+]=[N-]. The zero-order valence-electron chi connectivity index (χ0n) is 25.2. The Bertz CT molecular complexity index is 1340. The summed E-state index contributed by atoms with van der Waals surface area (Å²) in [6.45, 7) is 7.12. The summed E-state index contributed by atoms with van der Waals surface area (Å²) < 4.78 is 17.9. The lowest BCUT2D eigenvalue weighted by Gasteiger charge is -2.37. The molecule has 0 bridgehead atoms. The van der Waals surface area contributed by atoms with Crippen molar-refractivity contribution in [2.45, 2.75) is 83.1 Å². The number of benzene rings is 2. The lowest BCUT2D eigenvalue weighted by Crippen LogP contribution is -2.52. The Hall–Kier alpha value is -4.08. The maximum absolute atomic E-state index is 14.6. The molecule has 2 aliphatic heterocycles. The second-order valence-electron chi connectivity index (χ2n) is 11.8. The number of hydrogen-bond acceptors (Lipinski definition) is 8. The highest BCUT2D eigenvalue weighted by atomic mass is 16.6. The second-order valence-corrected chi connectivity index (χ2v) is 11.8. The smallest absolute Gasteiger partial charge is 0.306 e. The maximum atomic E-state index is 14.6. The van der Waals surface area contributed by atoms with Gasteiger partial charge in [-0.2, -0.15) is 0 Å². The first-order chi connectivity index (χ1) is 20.7. The molecule has 0 radical (unpaired) electrons. The number of piperidine rings is 1. The maximum Gasteiger partial charge on any atom is 0.306 e. The number of hydrogen-bond donors (Lipinski definition) is 1. The molecule has 0 spiro atoms. The van der Waals surface area contributed by atoms with Gasteiger partial charge < -0.3 is 24.2 Å². The summed E-state index contributed by atoms with van der Waals surface area (Å²) in [6, 6.07) is 14.6. The standard InChI is InChI=1S/C32H41N5O6/c1-31(2,3)43-27(39)16-17-32(30(40)37-18-7-4-8-19-37)28(26-11-6-5-10-24(26)22-34-36-33)42-29(35-32)23-12-14-25(15-13-23)41-21-9-20-38/h5-6,10-15,28,38H,4,7-9,16-22H2,1-3H3/t28-,32-/m1/s1. The number of carbonyl (C=O) groups is 2. The van der Waals surface area contributed by atoms with Crippen LogP contribution in [0.15, 0.2) is 58.6 Å². The molecule has 2 aliphatic rings. The van der Waals surface area contributed by atoms with Crippen molar-refractivity contribution >= 4 is 17.8 Å². The van der Waals surface area contributed by atoms with E-state index >= 15 is 0 Å². The highest BCUT2D eigenvalue weighted by Gasteiger charge is 2.55. The number of esters is 1. The van der Waals surface area contributed by atoms with Gasteiger partial charge in [-0.3, -0.25) is 9.59 Å². The highest BCUT2D eigenvalue weighted by molar-refractivity contribution is 6.01. The van der Waals surface area contributed by atoms with Gasteiger partial charge in [-0.05, 0) is 87.4 Å². The average Bonchev–Trinajstić information content (AvgIpc) is 3.39. The summed E-state index contributed by atoms with van der Waals surface area (Å²) in [5, 5.41) is 12.8. The zero-order chi connectivity index (χ0) is 30.9. The summed E-state index contributed by atoms with van der Waals surface area (Å²) in [4.78, 5) is 37.3. The van der Waals surface area contributed by atoms with Gasteiger partial charge >= 0.3 is 5.97 Å². The number of azide groups is 1. The molecule has 2 atom stereocenters. The Labute approximate surface area is 252 Å². The third kappa shape index (κ3) is 8.06. The van der Waals surface area contributed by atoms with E-state index in [0.29, 0.717) is 48.6 Å². The van der Waals surface area contributed by atoms with Crippen molar-refractivity contribution in [3.05, 3.63) is 75.7 Å². The van der Waals surface area contributed by atoms with Gasteiger partial charge in [-0.1, -0.05) is 29.4 Å². The number of carbonyl (C=O) groups excluding carboxylic acids is 2. The predicted octanol–water partition coefficient (Wildman–Crippen LogP) is 5.65. The molecular formula is C32H41N5O6. The van der Waals surface area contributed by atoms with Crippen LogP contribution in [0.4, 0.5) is 0 Å². The van der Waals surface area contributed by atoms with Gasteiger partial charge in [0.25, 0.3) is 5.91 Å². The lowest BCUT2D eigenvalue weighted by atomic mass is 9.81. The van der Waals surface area contributed by atoms with Crippen molar-refractivity contribution < 1.29 is 28.9 Å². The molecule has 0 aromatic heterocycles. The first-order valence-electron chi connectivity index (χ1n) is 14.9. The van der Waals surface area contributed by atoms with Gasteiger partial charge in [-0.25, -0.2) is 4.99 Å². The Morgan fingerprint density at radius 3 is 2.53 bits per heavy atom. The molecule has 43 heavy (non-hydrogen) atoms. The van der Waals surface area contributed by atoms with E-state index in [1.807, 2.05) is 41.3 Å². The van der Waals surface area contributed by atoms with Gasteiger partial charge in [-0.15, -0.1) is 0 Å². The van der Waals surface area contributed by atoms with Crippen LogP contribution in [0.25, 0.3) is 10.4 Å². The Kier molecular flexibility index (Phi) is 10.7. The highest BCUT2D eigenvalue weighted by Crippen LogP contribution is 2.45. The molecule has 11 heteroatoms. The fourth-order valence-corrected chi connectivity index (χ4v) is 5.43. The van der Waals surface area contributed by atoms with Crippen LogP contribution in [-0.2, 0) is 25.6 Å². The van der Waals surface area contributed by atoms with Gasteiger partial charge in [0, 0.05) is 43.0 Å². The molecule has 2 heterocycles. The molecule has 0 unspecified atom stereocenters. The van der Waals surface area contributed by atoms with E-state index in [0.717, 1.165) is 19.3 Å². The second kappa shape index (κ2) is 14.4. The molecule has 0 saturated carbocycles. The number of aliphatic hydroxyl groups excluding tert-OH is 1. The van der Waals surface area contributed by atoms with Crippen LogP contribution < -0.4 is 4.74 Å². The summed E-state index contributed by atoms with van der Waals surface area (Å²) in [5.74, 6) is 0.290. The molecule has 11 nitrogen and oxygen atoms in total. The van der Waals surface area contributed by atoms with E-state index in [1.165, 1.54) is 0 Å². The fourth-order valence-electron chi connectivity index (χ4n) is 5.43. The van der Waals surface area contributed by atoms with Crippen molar-refractivity contribution in [1.82, 2.24) is 4.90 Å². The summed E-state index contributed by atoms with van der Waals surface area (Å²) in [6.07, 6.45) is 2.51. The molecule has 1 N–H and O–H groups in total. The third-order valence-corrected chi connectivity index (χ3v) is 7.42. The molecule has 1 saturated heterocycles. The average molecular weight is 592 g/mol.